The molecule has 0 saturated carbocycles. The number of benzene rings is 3. The Bertz CT molecular complexity index is 1180. The SMILES string of the molecule is CCc1cccc(C2(NC[C@@H](O)[C@H](Cc3cc(F)cc(F)c3)NC(=O)Nc3ccccc3)CCOCC2)c1. The standard InChI is InChI=1S/C30H35F2N3O3/c1-2-21-7-6-8-23(15-21)30(11-13-38-14-12-30)33-20-28(36)27(18-22-16-24(31)19-25(32)17-22)35-29(37)34-26-9-4-3-5-10-26/h3-10,15-17,19,27-28,33,36H,2,11-14,18,20H2,1H3,(H2,34,35,37)/t27-,28+/m0/s1. The second kappa shape index (κ2) is 13.0. The molecule has 1 fully saturated rings. The van der Waals surface area contributed by atoms with E-state index in [9.17, 15) is 18.7 Å². The van der Waals surface area contributed by atoms with Gasteiger partial charge in [0.1, 0.15) is 11.6 Å². The van der Waals surface area contributed by atoms with Crippen LogP contribution in [-0.2, 0) is 23.1 Å². The van der Waals surface area contributed by atoms with E-state index < -0.39 is 35.4 Å². The molecule has 6 nitrogen and oxygen atoms in total. The monoisotopic (exact) mass is 523 g/mol. The lowest BCUT2D eigenvalue weighted by molar-refractivity contribution is 0.0272. The molecule has 0 spiro atoms. The first-order valence-corrected chi connectivity index (χ1v) is 13.0. The van der Waals surface area contributed by atoms with E-state index >= 15 is 0 Å². The molecule has 8 heteroatoms. The number of hydrogen-bond acceptors (Lipinski definition) is 4. The van der Waals surface area contributed by atoms with E-state index in [1.54, 1.807) is 24.3 Å². The fraction of sp³-hybridized carbons (Fsp3) is 0.367. The summed E-state index contributed by atoms with van der Waals surface area (Å²) in [4.78, 5) is 12.8. The number of carbonyl (C=O) groups is 1. The number of halogens is 2. The summed E-state index contributed by atoms with van der Waals surface area (Å²) in [5.74, 6) is -1.42. The Hall–Kier alpha value is -3.33. The second-order valence-electron chi connectivity index (χ2n) is 9.75. The van der Waals surface area contributed by atoms with Gasteiger partial charge in [-0.2, -0.15) is 0 Å². The van der Waals surface area contributed by atoms with Crippen molar-refractivity contribution < 1.29 is 23.4 Å². The van der Waals surface area contributed by atoms with Crippen molar-refractivity contribution >= 4 is 11.7 Å². The normalized spacial score (nSPS) is 16.4. The van der Waals surface area contributed by atoms with Crippen LogP contribution in [0.3, 0.4) is 0 Å². The fourth-order valence-corrected chi connectivity index (χ4v) is 4.94. The summed E-state index contributed by atoms with van der Waals surface area (Å²) in [5.41, 5.74) is 2.88. The zero-order chi connectivity index (χ0) is 27.0. The number of carbonyl (C=O) groups excluding carboxylic acids is 1. The van der Waals surface area contributed by atoms with Gasteiger partial charge in [-0.05, 0) is 66.6 Å². The third kappa shape index (κ3) is 7.37. The molecule has 1 heterocycles. The van der Waals surface area contributed by atoms with Gasteiger partial charge < -0.3 is 25.8 Å². The fourth-order valence-electron chi connectivity index (χ4n) is 4.94. The molecule has 38 heavy (non-hydrogen) atoms. The summed E-state index contributed by atoms with van der Waals surface area (Å²) < 4.78 is 33.4. The van der Waals surface area contributed by atoms with Gasteiger partial charge in [-0.25, -0.2) is 13.6 Å². The Morgan fingerprint density at radius 1 is 0.974 bits per heavy atom. The van der Waals surface area contributed by atoms with Crippen LogP contribution >= 0.6 is 0 Å². The van der Waals surface area contributed by atoms with Crippen LogP contribution in [0, 0.1) is 11.6 Å². The van der Waals surface area contributed by atoms with Gasteiger partial charge in [0.05, 0.1) is 12.1 Å². The van der Waals surface area contributed by atoms with Gasteiger partial charge >= 0.3 is 6.03 Å². The lowest BCUT2D eigenvalue weighted by atomic mass is 9.81. The Morgan fingerprint density at radius 3 is 2.37 bits per heavy atom. The topological polar surface area (TPSA) is 82.6 Å². The second-order valence-corrected chi connectivity index (χ2v) is 9.75. The van der Waals surface area contributed by atoms with Crippen molar-refractivity contribution in [3.05, 3.63) is 101 Å². The highest BCUT2D eigenvalue weighted by atomic mass is 19.1. The van der Waals surface area contributed by atoms with Gasteiger partial charge in [0.25, 0.3) is 0 Å². The molecule has 1 aliphatic rings. The summed E-state index contributed by atoms with van der Waals surface area (Å²) in [6, 6.07) is 19.2. The first-order valence-electron chi connectivity index (χ1n) is 13.0. The Morgan fingerprint density at radius 2 is 1.68 bits per heavy atom. The summed E-state index contributed by atoms with van der Waals surface area (Å²) in [6.45, 7) is 3.44. The maximum absolute atomic E-state index is 13.9. The number of aliphatic hydroxyl groups excluding tert-OH is 1. The van der Waals surface area contributed by atoms with E-state index in [1.165, 1.54) is 17.7 Å². The van der Waals surface area contributed by atoms with Crippen molar-refractivity contribution in [3.63, 3.8) is 0 Å². The number of para-hydroxylation sites is 1. The molecule has 0 radical (unpaired) electrons. The molecule has 3 aromatic rings. The van der Waals surface area contributed by atoms with E-state index in [0.717, 1.165) is 30.9 Å². The van der Waals surface area contributed by atoms with E-state index in [-0.39, 0.29) is 13.0 Å². The third-order valence-corrected chi connectivity index (χ3v) is 7.07. The van der Waals surface area contributed by atoms with E-state index in [2.05, 4.69) is 41.1 Å². The predicted molar refractivity (Wildman–Crippen MR) is 144 cm³/mol. The molecular weight excluding hydrogens is 488 g/mol. The molecule has 3 aromatic carbocycles. The first kappa shape index (κ1) is 27.7. The van der Waals surface area contributed by atoms with Crippen molar-refractivity contribution in [2.24, 2.45) is 0 Å². The quantitative estimate of drug-likeness (QED) is 0.304. The molecule has 2 amide bonds. The van der Waals surface area contributed by atoms with E-state index in [1.807, 2.05) is 12.1 Å². The highest BCUT2D eigenvalue weighted by molar-refractivity contribution is 5.89. The largest absolute Gasteiger partial charge is 0.390 e. The van der Waals surface area contributed by atoms with E-state index in [4.69, 9.17) is 4.74 Å². The van der Waals surface area contributed by atoms with Gasteiger partial charge in [0, 0.05) is 37.1 Å². The van der Waals surface area contributed by atoms with Gasteiger partial charge in [-0.3, -0.25) is 0 Å². The first-order chi connectivity index (χ1) is 18.4. The lowest BCUT2D eigenvalue weighted by Gasteiger charge is -2.40. The summed E-state index contributed by atoms with van der Waals surface area (Å²) in [6.07, 6.45) is 1.37. The number of ether oxygens (including phenoxy) is 1. The van der Waals surface area contributed by atoms with Crippen molar-refractivity contribution in [1.82, 2.24) is 10.6 Å². The molecule has 0 aromatic heterocycles. The van der Waals surface area contributed by atoms with Crippen LogP contribution < -0.4 is 16.0 Å². The summed E-state index contributed by atoms with van der Waals surface area (Å²) >= 11 is 0. The minimum absolute atomic E-state index is 0.0428. The zero-order valence-corrected chi connectivity index (χ0v) is 21.6. The molecular formula is C30H35F2N3O3. The van der Waals surface area contributed by atoms with Crippen LogP contribution in [0.15, 0.2) is 72.8 Å². The van der Waals surface area contributed by atoms with Gasteiger partial charge in [0.15, 0.2) is 0 Å². The Kier molecular flexibility index (Phi) is 9.44. The van der Waals surface area contributed by atoms with Crippen molar-refractivity contribution in [3.8, 4) is 0 Å². The maximum Gasteiger partial charge on any atom is 0.319 e. The van der Waals surface area contributed by atoms with Gasteiger partial charge in [-0.15, -0.1) is 0 Å². The minimum Gasteiger partial charge on any atom is -0.390 e. The van der Waals surface area contributed by atoms with Crippen molar-refractivity contribution in [2.75, 3.05) is 25.1 Å². The number of urea groups is 1. The van der Waals surface area contributed by atoms with Crippen LogP contribution in [0.4, 0.5) is 19.3 Å². The Balaban J connectivity index is 1.52. The number of aliphatic hydroxyl groups is 1. The lowest BCUT2D eigenvalue weighted by Crippen LogP contribution is -2.54. The molecule has 202 valence electrons. The molecule has 4 N–H and O–H groups in total. The summed E-state index contributed by atoms with van der Waals surface area (Å²) in [5, 5.41) is 20.4. The van der Waals surface area contributed by atoms with Crippen molar-refractivity contribution in [1.29, 1.82) is 0 Å². The average Bonchev–Trinajstić information content (AvgIpc) is 2.92. The Labute approximate surface area is 222 Å². The van der Waals surface area contributed by atoms with Crippen LogP contribution in [0.25, 0.3) is 0 Å². The number of anilines is 1. The molecule has 1 aliphatic heterocycles. The molecule has 0 unspecified atom stereocenters. The third-order valence-electron chi connectivity index (χ3n) is 7.07. The number of amides is 2. The van der Waals surface area contributed by atoms with Gasteiger partial charge in [0.2, 0.25) is 0 Å². The minimum atomic E-state index is -1.04. The number of hydrogen-bond donors (Lipinski definition) is 4. The predicted octanol–water partition coefficient (Wildman–Crippen LogP) is 4.92. The average molecular weight is 524 g/mol. The van der Waals surface area contributed by atoms with Crippen LogP contribution in [0.5, 0.6) is 0 Å². The maximum atomic E-state index is 13.9. The smallest absolute Gasteiger partial charge is 0.319 e. The van der Waals surface area contributed by atoms with Crippen LogP contribution in [0.1, 0.15) is 36.5 Å². The molecule has 4 rings (SSSR count). The molecule has 1 saturated heterocycles. The number of nitrogens with one attached hydrogen (secondary N) is 3. The highest BCUT2D eigenvalue weighted by Crippen LogP contribution is 2.33. The molecule has 0 aliphatic carbocycles. The van der Waals surface area contributed by atoms with Gasteiger partial charge in [-0.1, -0.05) is 49.4 Å². The number of aryl methyl sites for hydroxylation is 1. The highest BCUT2D eigenvalue weighted by Gasteiger charge is 2.35. The zero-order valence-electron chi connectivity index (χ0n) is 21.6. The van der Waals surface area contributed by atoms with E-state index in [0.29, 0.717) is 24.5 Å². The van der Waals surface area contributed by atoms with Crippen LogP contribution in [-0.4, -0.2) is 43.0 Å². The number of rotatable bonds is 10. The molecule has 2 atom stereocenters. The van der Waals surface area contributed by atoms with Crippen LogP contribution in [0.2, 0.25) is 0 Å². The van der Waals surface area contributed by atoms with Crippen molar-refractivity contribution in [2.45, 2.75) is 50.3 Å². The molecule has 0 bridgehead atoms. The summed E-state index contributed by atoms with van der Waals surface area (Å²) in [7, 11) is 0.